The Morgan fingerprint density at radius 3 is 2.60 bits per heavy atom. The molecule has 2 aliphatic carbocycles. The van der Waals surface area contributed by atoms with Gasteiger partial charge in [-0.25, -0.2) is 0 Å². The first-order valence-corrected chi connectivity index (χ1v) is 9.03. The lowest BCUT2D eigenvalue weighted by molar-refractivity contribution is 0.211. The number of hydrogen-bond acceptors (Lipinski definition) is 1. The van der Waals surface area contributed by atoms with Gasteiger partial charge in [-0.1, -0.05) is 47.3 Å². The Morgan fingerprint density at radius 2 is 1.90 bits per heavy atom. The zero-order valence-electron chi connectivity index (χ0n) is 12.4. The molecule has 0 amide bonds. The molecular formula is C18H26BrN. The molecule has 2 saturated carbocycles. The smallest absolute Gasteiger partial charge is 0.0178 e. The third kappa shape index (κ3) is 3.46. The summed E-state index contributed by atoms with van der Waals surface area (Å²) in [5.41, 5.74) is 1.50. The van der Waals surface area contributed by atoms with E-state index in [-0.39, 0.29) is 0 Å². The third-order valence-electron chi connectivity index (χ3n) is 5.31. The number of rotatable bonds is 4. The van der Waals surface area contributed by atoms with Gasteiger partial charge in [-0.05, 0) is 62.1 Å². The fourth-order valence-corrected chi connectivity index (χ4v) is 4.35. The van der Waals surface area contributed by atoms with Crippen molar-refractivity contribution >= 4 is 15.9 Å². The standard InChI is InChI=1S/C18H26BrN/c1-13(14-6-3-2-4-7-14)20-18-11-16(12-18)15-8-5-9-17(19)10-15/h5,8-10,13-14,16,18,20H,2-4,6-7,11-12H2,1H3/t13-,16?,18?/m0/s1. The normalized spacial score (nSPS) is 28.9. The summed E-state index contributed by atoms with van der Waals surface area (Å²) in [6.45, 7) is 2.41. The fourth-order valence-electron chi connectivity index (χ4n) is 3.93. The van der Waals surface area contributed by atoms with Crippen LogP contribution in [0.15, 0.2) is 28.7 Å². The second kappa shape index (κ2) is 6.62. The molecule has 20 heavy (non-hydrogen) atoms. The molecule has 0 bridgehead atoms. The van der Waals surface area contributed by atoms with E-state index in [4.69, 9.17) is 0 Å². The zero-order valence-corrected chi connectivity index (χ0v) is 14.0. The number of benzene rings is 1. The van der Waals surface area contributed by atoms with Crippen LogP contribution in [0.5, 0.6) is 0 Å². The summed E-state index contributed by atoms with van der Waals surface area (Å²) < 4.78 is 1.21. The molecule has 2 heteroatoms. The van der Waals surface area contributed by atoms with E-state index in [9.17, 15) is 0 Å². The van der Waals surface area contributed by atoms with E-state index in [0.29, 0.717) is 6.04 Å². The highest BCUT2D eigenvalue weighted by atomic mass is 79.9. The van der Waals surface area contributed by atoms with Crippen LogP contribution < -0.4 is 5.32 Å². The second-order valence-electron chi connectivity index (χ2n) is 6.77. The molecule has 1 N–H and O–H groups in total. The van der Waals surface area contributed by atoms with Gasteiger partial charge in [-0.15, -0.1) is 0 Å². The minimum absolute atomic E-state index is 0.712. The summed E-state index contributed by atoms with van der Waals surface area (Å²) in [5, 5.41) is 3.89. The van der Waals surface area contributed by atoms with Crippen molar-refractivity contribution in [1.29, 1.82) is 0 Å². The minimum atomic E-state index is 0.712. The first-order valence-electron chi connectivity index (χ1n) is 8.24. The van der Waals surface area contributed by atoms with E-state index in [1.165, 1.54) is 55.0 Å². The highest BCUT2D eigenvalue weighted by Crippen LogP contribution is 2.38. The summed E-state index contributed by atoms with van der Waals surface area (Å²) in [6.07, 6.45) is 9.86. The molecule has 0 radical (unpaired) electrons. The van der Waals surface area contributed by atoms with Crippen LogP contribution in [0.2, 0.25) is 0 Å². The highest BCUT2D eigenvalue weighted by molar-refractivity contribution is 9.10. The molecule has 3 rings (SSSR count). The SMILES string of the molecule is C[C@H](NC1CC(c2cccc(Br)c2)C1)C1CCCCC1. The molecule has 2 aliphatic rings. The van der Waals surface area contributed by atoms with Gasteiger partial charge in [0.05, 0.1) is 0 Å². The van der Waals surface area contributed by atoms with Crippen LogP contribution in [0.3, 0.4) is 0 Å². The van der Waals surface area contributed by atoms with Gasteiger partial charge in [0.1, 0.15) is 0 Å². The fraction of sp³-hybridized carbons (Fsp3) is 0.667. The summed E-state index contributed by atoms with van der Waals surface area (Å²) in [6, 6.07) is 10.3. The highest BCUT2D eigenvalue weighted by Gasteiger charge is 2.32. The number of halogens is 1. The van der Waals surface area contributed by atoms with Gasteiger partial charge < -0.3 is 5.32 Å². The van der Waals surface area contributed by atoms with Gasteiger partial charge in [0.25, 0.3) is 0 Å². The molecule has 1 aromatic carbocycles. The van der Waals surface area contributed by atoms with Crippen molar-refractivity contribution in [3.05, 3.63) is 34.3 Å². The van der Waals surface area contributed by atoms with Crippen molar-refractivity contribution in [2.75, 3.05) is 0 Å². The van der Waals surface area contributed by atoms with Crippen molar-refractivity contribution in [2.45, 2.75) is 69.9 Å². The van der Waals surface area contributed by atoms with E-state index in [1.807, 2.05) is 0 Å². The lowest BCUT2D eigenvalue weighted by Gasteiger charge is -2.40. The zero-order chi connectivity index (χ0) is 13.9. The molecule has 1 nitrogen and oxygen atoms in total. The van der Waals surface area contributed by atoms with E-state index in [2.05, 4.69) is 52.4 Å². The van der Waals surface area contributed by atoms with Crippen molar-refractivity contribution in [1.82, 2.24) is 5.32 Å². The molecule has 0 saturated heterocycles. The molecule has 1 aromatic rings. The first kappa shape index (κ1) is 14.6. The van der Waals surface area contributed by atoms with Crippen LogP contribution in [0.25, 0.3) is 0 Å². The number of nitrogens with one attached hydrogen (secondary N) is 1. The second-order valence-corrected chi connectivity index (χ2v) is 7.69. The minimum Gasteiger partial charge on any atom is -0.311 e. The molecule has 0 aliphatic heterocycles. The van der Waals surface area contributed by atoms with Crippen molar-refractivity contribution in [2.24, 2.45) is 5.92 Å². The molecule has 0 spiro atoms. The van der Waals surface area contributed by atoms with Crippen LogP contribution >= 0.6 is 15.9 Å². The first-order chi connectivity index (χ1) is 9.72. The lowest BCUT2D eigenvalue weighted by Crippen LogP contribution is -2.47. The molecule has 110 valence electrons. The Hall–Kier alpha value is -0.340. The molecule has 2 fully saturated rings. The van der Waals surface area contributed by atoms with Crippen LogP contribution in [0.4, 0.5) is 0 Å². The summed E-state index contributed by atoms with van der Waals surface area (Å²) in [4.78, 5) is 0. The van der Waals surface area contributed by atoms with Gasteiger partial charge in [0, 0.05) is 16.6 Å². The van der Waals surface area contributed by atoms with Crippen LogP contribution in [-0.4, -0.2) is 12.1 Å². The van der Waals surface area contributed by atoms with E-state index in [1.54, 1.807) is 0 Å². The Kier molecular flexibility index (Phi) is 4.83. The van der Waals surface area contributed by atoms with Gasteiger partial charge >= 0.3 is 0 Å². The van der Waals surface area contributed by atoms with Crippen LogP contribution in [0.1, 0.15) is 63.4 Å². The Morgan fingerprint density at radius 1 is 1.15 bits per heavy atom. The van der Waals surface area contributed by atoms with Crippen LogP contribution in [0, 0.1) is 5.92 Å². The maximum absolute atomic E-state index is 3.89. The summed E-state index contributed by atoms with van der Waals surface area (Å²) in [5.74, 6) is 1.69. The van der Waals surface area contributed by atoms with Crippen molar-refractivity contribution < 1.29 is 0 Å². The molecule has 0 aromatic heterocycles. The molecular weight excluding hydrogens is 310 g/mol. The molecule has 0 unspecified atom stereocenters. The Labute approximate surface area is 131 Å². The van der Waals surface area contributed by atoms with Crippen molar-refractivity contribution in [3.8, 4) is 0 Å². The van der Waals surface area contributed by atoms with Crippen LogP contribution in [-0.2, 0) is 0 Å². The lowest BCUT2D eigenvalue weighted by atomic mass is 9.75. The van der Waals surface area contributed by atoms with Gasteiger partial charge in [-0.3, -0.25) is 0 Å². The molecule has 0 heterocycles. The quantitative estimate of drug-likeness (QED) is 0.791. The maximum atomic E-state index is 3.89. The van der Waals surface area contributed by atoms with Gasteiger partial charge in [0.15, 0.2) is 0 Å². The largest absolute Gasteiger partial charge is 0.311 e. The number of hydrogen-bond donors (Lipinski definition) is 1. The summed E-state index contributed by atoms with van der Waals surface area (Å²) in [7, 11) is 0. The average Bonchev–Trinajstić information content (AvgIpc) is 2.43. The Bertz CT molecular complexity index is 433. The third-order valence-corrected chi connectivity index (χ3v) is 5.81. The monoisotopic (exact) mass is 335 g/mol. The topological polar surface area (TPSA) is 12.0 Å². The van der Waals surface area contributed by atoms with Gasteiger partial charge in [0.2, 0.25) is 0 Å². The summed E-state index contributed by atoms with van der Waals surface area (Å²) >= 11 is 3.58. The van der Waals surface area contributed by atoms with E-state index < -0.39 is 0 Å². The predicted molar refractivity (Wildman–Crippen MR) is 89.1 cm³/mol. The average molecular weight is 336 g/mol. The predicted octanol–water partition coefficient (Wildman–Crippen LogP) is 5.25. The Balaban J connectivity index is 1.46. The van der Waals surface area contributed by atoms with Crippen molar-refractivity contribution in [3.63, 3.8) is 0 Å². The maximum Gasteiger partial charge on any atom is 0.0178 e. The van der Waals surface area contributed by atoms with Gasteiger partial charge in [-0.2, -0.15) is 0 Å². The van der Waals surface area contributed by atoms with E-state index in [0.717, 1.165) is 17.9 Å². The molecule has 1 atom stereocenters. The van der Waals surface area contributed by atoms with E-state index >= 15 is 0 Å².